The van der Waals surface area contributed by atoms with Crippen molar-refractivity contribution in [2.75, 3.05) is 0 Å². The molecule has 10 heteroatoms. The second-order valence-corrected chi connectivity index (χ2v) is 15.2. The molecule has 0 spiro atoms. The standard InChI is InChI=1S/C30H48O8S.Na/c1-15(2)16(3)25-26(37-25)17(4)20-10-11-21-19-8-9-23-27(38-39(33,34)35)28(36-18(5)31)24(32)14-30(23,7)22(19)12-13-29(20,21)6;/h8,15-17,20-28,32H,9-14H2,1-7H3,(H,33,34,35);/q;+1/p-1/t16-,17-,20+,21-,22-,23-,24+,25-,26-,27-,28-,29+,30+;/m0./s1. The number of rotatable bonds is 7. The summed E-state index contributed by atoms with van der Waals surface area (Å²) in [4.78, 5) is 11.8. The van der Waals surface area contributed by atoms with Gasteiger partial charge in [0.15, 0.2) is 6.10 Å². The number of esters is 1. The molecule has 3 saturated carbocycles. The monoisotopic (exact) mass is 590 g/mol. The average Bonchev–Trinajstić information content (AvgIpc) is 3.53. The fourth-order valence-electron chi connectivity index (χ4n) is 9.69. The van der Waals surface area contributed by atoms with Crippen LogP contribution in [0.1, 0.15) is 87.0 Å². The number of allylic oxidation sites excluding steroid dienone is 2. The summed E-state index contributed by atoms with van der Waals surface area (Å²) in [5.41, 5.74) is 1.13. The number of hydrogen-bond acceptors (Lipinski definition) is 8. The summed E-state index contributed by atoms with van der Waals surface area (Å²) in [6.45, 7) is 15.0. The van der Waals surface area contributed by atoms with Crippen LogP contribution in [-0.4, -0.2) is 54.6 Å². The first-order valence-electron chi connectivity index (χ1n) is 14.9. The molecule has 1 N–H and O–H groups in total. The third kappa shape index (κ3) is 5.64. The molecule has 0 bridgehead atoms. The molecule has 5 aliphatic rings. The maximum Gasteiger partial charge on any atom is 1.00 e. The minimum absolute atomic E-state index is 0. The fourth-order valence-corrected chi connectivity index (χ4v) is 10.2. The van der Waals surface area contributed by atoms with Crippen LogP contribution in [0.3, 0.4) is 0 Å². The normalized spacial score (nSPS) is 45.8. The molecule has 0 amide bonds. The Hall–Kier alpha value is -0.000000000000000222. The van der Waals surface area contributed by atoms with Gasteiger partial charge < -0.3 is 19.1 Å². The minimum Gasteiger partial charge on any atom is -0.726 e. The van der Waals surface area contributed by atoms with E-state index >= 15 is 0 Å². The summed E-state index contributed by atoms with van der Waals surface area (Å²) in [6.07, 6.45) is 4.63. The summed E-state index contributed by atoms with van der Waals surface area (Å²) in [7, 11) is -5.07. The Balaban J connectivity index is 0.00000370. The molecule has 40 heavy (non-hydrogen) atoms. The molecule has 0 radical (unpaired) electrons. The van der Waals surface area contributed by atoms with Gasteiger partial charge in [-0.2, -0.15) is 0 Å². The molecule has 0 aromatic heterocycles. The zero-order chi connectivity index (χ0) is 28.7. The van der Waals surface area contributed by atoms with Crippen LogP contribution in [0.15, 0.2) is 11.6 Å². The van der Waals surface area contributed by atoms with E-state index in [1.54, 1.807) is 0 Å². The number of carbonyl (C=O) groups is 1. The molecule has 5 rings (SSSR count). The molecular formula is C30H47NaO8S. The molecular weight excluding hydrogens is 543 g/mol. The summed E-state index contributed by atoms with van der Waals surface area (Å²) >= 11 is 0. The zero-order valence-electron chi connectivity index (χ0n) is 25.5. The van der Waals surface area contributed by atoms with E-state index in [1.165, 1.54) is 18.9 Å². The van der Waals surface area contributed by atoms with Gasteiger partial charge in [0.1, 0.15) is 6.10 Å². The number of ether oxygens (including phenoxy) is 2. The maximum atomic E-state index is 11.8. The molecule has 1 heterocycles. The molecule has 8 nitrogen and oxygen atoms in total. The largest absolute Gasteiger partial charge is 1.00 e. The van der Waals surface area contributed by atoms with Crippen molar-refractivity contribution in [1.29, 1.82) is 0 Å². The first-order valence-corrected chi connectivity index (χ1v) is 16.3. The van der Waals surface area contributed by atoms with E-state index < -0.39 is 40.1 Å². The summed E-state index contributed by atoms with van der Waals surface area (Å²) in [5.74, 6) is 1.82. The number of hydrogen-bond donors (Lipinski definition) is 1. The van der Waals surface area contributed by atoms with Gasteiger partial charge in [0.05, 0.1) is 18.3 Å². The molecule has 0 aromatic rings. The second-order valence-electron chi connectivity index (χ2n) is 14.2. The second kappa shape index (κ2) is 11.5. The van der Waals surface area contributed by atoms with Crippen molar-refractivity contribution in [2.45, 2.75) is 118 Å². The van der Waals surface area contributed by atoms with Crippen LogP contribution in [0.4, 0.5) is 0 Å². The first kappa shape index (κ1) is 32.9. The van der Waals surface area contributed by atoms with E-state index in [0.717, 1.165) is 19.3 Å². The average molecular weight is 591 g/mol. The van der Waals surface area contributed by atoms with E-state index in [1.807, 2.05) is 0 Å². The van der Waals surface area contributed by atoms with Gasteiger partial charge in [-0.3, -0.25) is 8.98 Å². The Kier molecular flexibility index (Phi) is 9.45. The van der Waals surface area contributed by atoms with Crippen LogP contribution in [0, 0.1) is 52.3 Å². The third-order valence-corrected chi connectivity index (χ3v) is 12.5. The van der Waals surface area contributed by atoms with Crippen LogP contribution in [0.2, 0.25) is 0 Å². The minimum atomic E-state index is -5.07. The predicted octanol–water partition coefficient (Wildman–Crippen LogP) is 1.62. The maximum absolute atomic E-state index is 11.8. The molecule has 4 aliphatic carbocycles. The van der Waals surface area contributed by atoms with Gasteiger partial charge in [0.2, 0.25) is 10.4 Å². The van der Waals surface area contributed by atoms with Crippen LogP contribution in [0.25, 0.3) is 0 Å². The fraction of sp³-hybridized carbons (Fsp3) is 0.900. The molecule has 222 valence electrons. The van der Waals surface area contributed by atoms with E-state index in [-0.39, 0.29) is 46.8 Å². The van der Waals surface area contributed by atoms with Gasteiger partial charge in [-0.1, -0.05) is 53.2 Å². The van der Waals surface area contributed by atoms with Gasteiger partial charge in [0, 0.05) is 6.92 Å². The van der Waals surface area contributed by atoms with Crippen molar-refractivity contribution in [3.63, 3.8) is 0 Å². The van der Waals surface area contributed by atoms with E-state index in [2.05, 4.69) is 47.6 Å². The Morgan fingerprint density at radius 1 is 1.07 bits per heavy atom. The number of aliphatic hydroxyl groups excluding tert-OH is 1. The Bertz CT molecular complexity index is 1110. The molecule has 4 fully saturated rings. The molecule has 1 saturated heterocycles. The number of aliphatic hydroxyl groups is 1. The van der Waals surface area contributed by atoms with Gasteiger partial charge in [0.25, 0.3) is 0 Å². The van der Waals surface area contributed by atoms with Crippen LogP contribution < -0.4 is 29.6 Å². The predicted molar refractivity (Wildman–Crippen MR) is 144 cm³/mol. The third-order valence-electron chi connectivity index (χ3n) is 12.0. The molecule has 13 atom stereocenters. The van der Waals surface area contributed by atoms with Crippen molar-refractivity contribution in [3.8, 4) is 0 Å². The topological polar surface area (TPSA) is 125 Å². The van der Waals surface area contributed by atoms with Gasteiger partial charge >= 0.3 is 35.5 Å². The number of fused-ring (bicyclic) bond motifs is 5. The summed E-state index contributed by atoms with van der Waals surface area (Å²) in [5, 5.41) is 11.1. The van der Waals surface area contributed by atoms with E-state index in [9.17, 15) is 22.9 Å². The Morgan fingerprint density at radius 3 is 2.33 bits per heavy atom. The molecule has 0 aromatic carbocycles. The molecule has 0 unspecified atom stereocenters. The number of carbonyl (C=O) groups excluding carboxylic acids is 1. The Labute approximate surface area is 262 Å². The smallest absolute Gasteiger partial charge is 0.726 e. The van der Waals surface area contributed by atoms with E-state index in [0.29, 0.717) is 54.6 Å². The van der Waals surface area contributed by atoms with Crippen molar-refractivity contribution < 1.29 is 66.1 Å². The zero-order valence-corrected chi connectivity index (χ0v) is 28.3. The van der Waals surface area contributed by atoms with Crippen molar-refractivity contribution >= 4 is 16.4 Å². The van der Waals surface area contributed by atoms with Crippen molar-refractivity contribution in [1.82, 2.24) is 0 Å². The Morgan fingerprint density at radius 2 is 1.73 bits per heavy atom. The van der Waals surface area contributed by atoms with Crippen LogP contribution in [0.5, 0.6) is 0 Å². The summed E-state index contributed by atoms with van der Waals surface area (Å²) < 4.78 is 51.8. The van der Waals surface area contributed by atoms with Crippen LogP contribution in [-0.2, 0) is 28.9 Å². The van der Waals surface area contributed by atoms with Crippen LogP contribution >= 0.6 is 0 Å². The van der Waals surface area contributed by atoms with Crippen molar-refractivity contribution in [3.05, 3.63) is 11.6 Å². The van der Waals surface area contributed by atoms with Gasteiger partial charge in [-0.25, -0.2) is 8.42 Å². The SMILES string of the molecule is CC(=O)O[C@@H]1[C@@H](OS(=O)(=O)[O-])[C@@H]2CC=C3[C@@H]4CC[C@H]([C@H](C)[C@@H]5O[C@H]5[C@@H](C)C(C)C)[C@@]4(C)CC[C@@H]3[C@@]2(C)C[C@H]1O.[Na+]. The quantitative estimate of drug-likeness (QED) is 0.118. The summed E-state index contributed by atoms with van der Waals surface area (Å²) in [6, 6.07) is 0. The van der Waals surface area contributed by atoms with Gasteiger partial charge in [-0.05, 0) is 90.8 Å². The molecule has 1 aliphatic heterocycles. The first-order chi connectivity index (χ1) is 18.1. The van der Waals surface area contributed by atoms with Crippen molar-refractivity contribution in [2.24, 2.45) is 52.3 Å². The number of epoxide rings is 1. The van der Waals surface area contributed by atoms with E-state index in [4.69, 9.17) is 13.7 Å². The van der Waals surface area contributed by atoms with Gasteiger partial charge in [-0.15, -0.1) is 0 Å².